The second-order valence-electron chi connectivity index (χ2n) is 3.73. The molecule has 0 aromatic rings. The van der Waals surface area contributed by atoms with Crippen LogP contribution in [0.1, 0.15) is 41.5 Å². The Labute approximate surface area is 88.8 Å². The summed E-state index contributed by atoms with van der Waals surface area (Å²) in [5.41, 5.74) is 2.69. The first kappa shape index (κ1) is 14.7. The molecular weight excluding hydrogens is 336 g/mol. The molecule has 0 saturated carbocycles. The molecule has 0 rings (SSSR count). The molecule has 11 heavy (non-hydrogen) atoms. The standard InChI is InChI=1S/C9H21P.Au/c1-7(2)10(8(3)4)9(5)6;/h7-9H,1-6H3;/q;+1. The van der Waals surface area contributed by atoms with Crippen LogP contribution < -0.4 is 0 Å². The van der Waals surface area contributed by atoms with Gasteiger partial charge in [0.05, 0.1) is 0 Å². The molecule has 0 nitrogen and oxygen atoms in total. The molecule has 0 aromatic carbocycles. The van der Waals surface area contributed by atoms with Crippen molar-refractivity contribution in [3.05, 3.63) is 0 Å². The van der Waals surface area contributed by atoms with Gasteiger partial charge in [-0.2, -0.15) is 0 Å². The maximum atomic E-state index is 2.35. The van der Waals surface area contributed by atoms with E-state index >= 15 is 0 Å². The van der Waals surface area contributed by atoms with Crippen molar-refractivity contribution in [1.29, 1.82) is 0 Å². The van der Waals surface area contributed by atoms with E-state index in [0.29, 0.717) is 0 Å². The number of hydrogen-bond acceptors (Lipinski definition) is 0. The van der Waals surface area contributed by atoms with E-state index in [1.807, 2.05) is 0 Å². The topological polar surface area (TPSA) is 0 Å². The third-order valence-corrected chi connectivity index (χ3v) is 5.37. The van der Waals surface area contributed by atoms with Crippen LogP contribution in [-0.2, 0) is 22.4 Å². The van der Waals surface area contributed by atoms with Gasteiger partial charge in [0.25, 0.3) is 0 Å². The van der Waals surface area contributed by atoms with Crippen LogP contribution in [-0.4, -0.2) is 17.0 Å². The second kappa shape index (κ2) is 6.66. The van der Waals surface area contributed by atoms with Crippen LogP contribution in [0, 0.1) is 0 Å². The van der Waals surface area contributed by atoms with Crippen LogP contribution in [0.15, 0.2) is 0 Å². The molecule has 0 heterocycles. The second-order valence-corrected chi connectivity index (χ2v) is 7.72. The van der Waals surface area contributed by atoms with Crippen LogP contribution in [0.4, 0.5) is 0 Å². The molecule has 0 aromatic heterocycles. The molecular formula is C9H21AuP+. The summed E-state index contributed by atoms with van der Waals surface area (Å²) in [6, 6.07) is 0. The van der Waals surface area contributed by atoms with Gasteiger partial charge in [0.1, 0.15) is 0 Å². The summed E-state index contributed by atoms with van der Waals surface area (Å²) >= 11 is 0. The summed E-state index contributed by atoms with van der Waals surface area (Å²) in [6.07, 6.45) is 0. The van der Waals surface area contributed by atoms with Gasteiger partial charge in [0.15, 0.2) is 0 Å². The Balaban J connectivity index is 0. The fraction of sp³-hybridized carbons (Fsp3) is 1.00. The maximum Gasteiger partial charge on any atom is 1.00 e. The fourth-order valence-electron chi connectivity index (χ4n) is 1.79. The first-order valence-electron chi connectivity index (χ1n) is 4.24. The molecule has 0 aliphatic heterocycles. The molecule has 0 aliphatic carbocycles. The van der Waals surface area contributed by atoms with Gasteiger partial charge < -0.3 is 0 Å². The third-order valence-electron chi connectivity index (χ3n) is 1.79. The molecule has 0 radical (unpaired) electrons. The average molecular weight is 357 g/mol. The number of rotatable bonds is 3. The third kappa shape index (κ3) is 5.42. The van der Waals surface area contributed by atoms with Crippen LogP contribution >= 0.6 is 7.92 Å². The van der Waals surface area contributed by atoms with Gasteiger partial charge >= 0.3 is 22.4 Å². The Morgan fingerprint density at radius 2 is 0.818 bits per heavy atom. The van der Waals surface area contributed by atoms with Crippen molar-refractivity contribution in [2.75, 3.05) is 0 Å². The van der Waals surface area contributed by atoms with Crippen molar-refractivity contribution in [3.63, 3.8) is 0 Å². The van der Waals surface area contributed by atoms with Crippen molar-refractivity contribution >= 4 is 7.92 Å². The molecule has 0 fully saturated rings. The maximum absolute atomic E-state index is 2.35. The zero-order chi connectivity index (χ0) is 8.31. The Kier molecular flexibility index (Phi) is 8.89. The molecule has 0 bridgehead atoms. The Morgan fingerprint density at radius 1 is 0.636 bits per heavy atom. The zero-order valence-corrected chi connectivity index (χ0v) is 11.5. The molecule has 72 valence electrons. The molecule has 0 unspecified atom stereocenters. The van der Waals surface area contributed by atoms with Gasteiger partial charge in [0, 0.05) is 0 Å². The average Bonchev–Trinajstić information content (AvgIpc) is 1.59. The molecule has 0 N–H and O–H groups in total. The molecule has 0 saturated heterocycles. The van der Waals surface area contributed by atoms with Crippen LogP contribution in [0.5, 0.6) is 0 Å². The van der Waals surface area contributed by atoms with Crippen molar-refractivity contribution in [3.8, 4) is 0 Å². The summed E-state index contributed by atoms with van der Waals surface area (Å²) in [5, 5.41) is 0. The summed E-state index contributed by atoms with van der Waals surface area (Å²) in [7, 11) is 0.262. The largest absolute Gasteiger partial charge is 1.00 e. The fourth-order valence-corrected chi connectivity index (χ4v) is 5.37. The summed E-state index contributed by atoms with van der Waals surface area (Å²) in [6.45, 7) is 14.1. The van der Waals surface area contributed by atoms with Gasteiger partial charge in [0.2, 0.25) is 0 Å². The van der Waals surface area contributed by atoms with E-state index in [1.165, 1.54) is 0 Å². The molecule has 0 spiro atoms. The van der Waals surface area contributed by atoms with Crippen molar-refractivity contribution < 1.29 is 22.4 Å². The normalized spacial score (nSPS) is 11.5. The summed E-state index contributed by atoms with van der Waals surface area (Å²) in [4.78, 5) is 0. The molecule has 2 heteroatoms. The monoisotopic (exact) mass is 357 g/mol. The Hall–Kier alpha value is 1.17. The molecule has 0 atom stereocenters. The minimum absolute atomic E-state index is 0. The van der Waals surface area contributed by atoms with Crippen LogP contribution in [0.2, 0.25) is 0 Å². The van der Waals surface area contributed by atoms with E-state index in [4.69, 9.17) is 0 Å². The predicted molar refractivity (Wildman–Crippen MR) is 52.3 cm³/mol. The number of hydrogen-bond donors (Lipinski definition) is 0. The van der Waals surface area contributed by atoms with E-state index in [2.05, 4.69) is 41.5 Å². The first-order chi connectivity index (χ1) is 4.46. The predicted octanol–water partition coefficient (Wildman–Crippen LogP) is 3.69. The Morgan fingerprint density at radius 3 is 0.818 bits per heavy atom. The van der Waals surface area contributed by atoms with E-state index < -0.39 is 0 Å². The van der Waals surface area contributed by atoms with Crippen molar-refractivity contribution in [2.45, 2.75) is 58.5 Å². The summed E-state index contributed by atoms with van der Waals surface area (Å²) in [5.74, 6) is 0. The van der Waals surface area contributed by atoms with E-state index in [-0.39, 0.29) is 30.3 Å². The van der Waals surface area contributed by atoms with Crippen molar-refractivity contribution in [2.24, 2.45) is 0 Å². The van der Waals surface area contributed by atoms with Gasteiger partial charge in [-0.3, -0.25) is 0 Å². The van der Waals surface area contributed by atoms with Crippen LogP contribution in [0.3, 0.4) is 0 Å². The Bertz CT molecular complexity index is 70.5. The molecule has 0 aliphatic rings. The smallest absolute Gasteiger partial charge is 0.0988 e. The quantitative estimate of drug-likeness (QED) is 0.534. The SMILES string of the molecule is CC(C)P(C(C)C)C(C)C.[Au+]. The van der Waals surface area contributed by atoms with Gasteiger partial charge in [-0.25, -0.2) is 0 Å². The molecule has 0 amide bonds. The first-order valence-corrected chi connectivity index (χ1v) is 5.79. The minimum Gasteiger partial charge on any atom is -0.0988 e. The van der Waals surface area contributed by atoms with Crippen molar-refractivity contribution in [1.82, 2.24) is 0 Å². The van der Waals surface area contributed by atoms with E-state index in [1.54, 1.807) is 0 Å². The van der Waals surface area contributed by atoms with E-state index in [9.17, 15) is 0 Å². The van der Waals surface area contributed by atoms with Gasteiger partial charge in [-0.1, -0.05) is 49.5 Å². The van der Waals surface area contributed by atoms with E-state index in [0.717, 1.165) is 17.0 Å². The van der Waals surface area contributed by atoms with Crippen LogP contribution in [0.25, 0.3) is 0 Å². The zero-order valence-electron chi connectivity index (χ0n) is 8.48. The summed E-state index contributed by atoms with van der Waals surface area (Å²) < 4.78 is 0. The van der Waals surface area contributed by atoms with Gasteiger partial charge in [-0.05, 0) is 17.0 Å². The minimum atomic E-state index is 0. The van der Waals surface area contributed by atoms with Gasteiger partial charge in [-0.15, -0.1) is 0 Å².